The first kappa shape index (κ1) is 12.0. The van der Waals surface area contributed by atoms with Gasteiger partial charge in [0.15, 0.2) is 11.5 Å². The number of benzene rings is 1. The maximum atomic E-state index is 10.7. The lowest BCUT2D eigenvalue weighted by Gasteiger charge is -2.09. The Bertz CT molecular complexity index is 630. The zero-order valence-electron chi connectivity index (χ0n) is 9.76. The first-order chi connectivity index (χ1) is 8.41. The molecule has 94 valence electrons. The molecule has 18 heavy (non-hydrogen) atoms. The highest BCUT2D eigenvalue weighted by Gasteiger charge is 2.18. The van der Waals surface area contributed by atoms with E-state index in [2.05, 4.69) is 9.68 Å². The lowest BCUT2D eigenvalue weighted by Crippen LogP contribution is -1.91. The van der Waals surface area contributed by atoms with Gasteiger partial charge in [-0.25, -0.2) is 4.79 Å². The summed E-state index contributed by atoms with van der Waals surface area (Å²) in [6.45, 7) is 3.43. The van der Waals surface area contributed by atoms with Crippen LogP contribution in [0.15, 0.2) is 16.7 Å². The zero-order chi connectivity index (χ0) is 13.4. The van der Waals surface area contributed by atoms with Crippen molar-refractivity contribution in [1.29, 1.82) is 0 Å². The molecule has 0 saturated carbocycles. The van der Waals surface area contributed by atoms with Crippen molar-refractivity contribution in [3.63, 3.8) is 0 Å². The number of phenolic OH excluding ortho intramolecular Hbond substituents is 2. The number of aromatic nitrogens is 1. The van der Waals surface area contributed by atoms with Gasteiger partial charge in [0.2, 0.25) is 5.76 Å². The van der Waals surface area contributed by atoms with E-state index < -0.39 is 5.97 Å². The molecule has 0 atom stereocenters. The van der Waals surface area contributed by atoms with Crippen molar-refractivity contribution >= 4 is 5.97 Å². The second-order valence-corrected chi connectivity index (χ2v) is 3.94. The van der Waals surface area contributed by atoms with Crippen LogP contribution >= 0.6 is 0 Å². The molecule has 0 amide bonds. The molecule has 3 N–H and O–H groups in total. The Kier molecular flexibility index (Phi) is 2.70. The van der Waals surface area contributed by atoms with Crippen LogP contribution in [0.25, 0.3) is 11.3 Å². The number of phenols is 2. The number of aromatic hydroxyl groups is 2. The largest absolute Gasteiger partial charge is 0.504 e. The third kappa shape index (κ3) is 1.77. The van der Waals surface area contributed by atoms with Crippen LogP contribution in [-0.4, -0.2) is 26.4 Å². The Morgan fingerprint density at radius 1 is 1.22 bits per heavy atom. The van der Waals surface area contributed by atoms with Crippen LogP contribution in [0, 0.1) is 13.8 Å². The van der Waals surface area contributed by atoms with Crippen LogP contribution in [0.5, 0.6) is 11.5 Å². The van der Waals surface area contributed by atoms with Crippen LogP contribution in [0.4, 0.5) is 0 Å². The molecule has 1 heterocycles. The molecular weight excluding hydrogens is 238 g/mol. The summed E-state index contributed by atoms with van der Waals surface area (Å²) in [6, 6.07) is 2.79. The highest BCUT2D eigenvalue weighted by atomic mass is 16.5. The number of carboxylic acids is 1. The number of nitrogens with zero attached hydrogens (tertiary/aromatic N) is 1. The molecule has 0 aliphatic heterocycles. The number of aromatic carboxylic acids is 1. The van der Waals surface area contributed by atoms with Crippen LogP contribution in [0.2, 0.25) is 0 Å². The topological polar surface area (TPSA) is 104 Å². The number of hydrogen-bond acceptors (Lipinski definition) is 5. The summed E-state index contributed by atoms with van der Waals surface area (Å²) < 4.78 is 4.60. The Hall–Kier alpha value is -2.50. The molecule has 0 spiro atoms. The fourth-order valence-electron chi connectivity index (χ4n) is 1.58. The predicted octanol–water partition coefficient (Wildman–Crippen LogP) is 2.07. The van der Waals surface area contributed by atoms with Gasteiger partial charge in [0.25, 0.3) is 0 Å². The van der Waals surface area contributed by atoms with E-state index in [9.17, 15) is 15.0 Å². The van der Waals surface area contributed by atoms with Gasteiger partial charge in [0, 0.05) is 11.6 Å². The molecular formula is C12H11NO5. The monoisotopic (exact) mass is 249 g/mol. The highest BCUT2D eigenvalue weighted by Crippen LogP contribution is 2.40. The number of carbonyl (C=O) groups is 1. The van der Waals surface area contributed by atoms with Gasteiger partial charge < -0.3 is 19.8 Å². The minimum atomic E-state index is -1.25. The molecule has 0 fully saturated rings. The van der Waals surface area contributed by atoms with Gasteiger partial charge in [0.1, 0.15) is 5.69 Å². The molecule has 2 aromatic rings. The van der Waals surface area contributed by atoms with Crippen LogP contribution < -0.4 is 0 Å². The molecule has 0 bridgehead atoms. The normalized spacial score (nSPS) is 10.6. The van der Waals surface area contributed by atoms with Crippen molar-refractivity contribution in [2.45, 2.75) is 13.8 Å². The molecule has 0 aliphatic carbocycles. The van der Waals surface area contributed by atoms with E-state index in [4.69, 9.17) is 5.11 Å². The predicted molar refractivity (Wildman–Crippen MR) is 61.7 cm³/mol. The smallest absolute Gasteiger partial charge is 0.374 e. The van der Waals surface area contributed by atoms with E-state index in [1.54, 1.807) is 19.9 Å². The van der Waals surface area contributed by atoms with E-state index in [0.29, 0.717) is 5.56 Å². The second kappa shape index (κ2) is 4.06. The summed E-state index contributed by atoms with van der Waals surface area (Å²) in [5.41, 5.74) is 1.69. The van der Waals surface area contributed by atoms with E-state index in [0.717, 1.165) is 5.56 Å². The Morgan fingerprint density at radius 3 is 2.44 bits per heavy atom. The summed E-state index contributed by atoms with van der Waals surface area (Å²) in [6.07, 6.45) is 0. The van der Waals surface area contributed by atoms with Crippen LogP contribution in [-0.2, 0) is 0 Å². The lowest BCUT2D eigenvalue weighted by molar-refractivity contribution is 0.0652. The molecule has 2 rings (SSSR count). The highest BCUT2D eigenvalue weighted by molar-refractivity contribution is 5.86. The maximum absolute atomic E-state index is 10.7. The molecule has 1 aromatic carbocycles. The minimum Gasteiger partial charge on any atom is -0.504 e. The van der Waals surface area contributed by atoms with Crippen LogP contribution in [0.1, 0.15) is 21.7 Å². The van der Waals surface area contributed by atoms with Gasteiger partial charge in [-0.05, 0) is 31.0 Å². The zero-order valence-corrected chi connectivity index (χ0v) is 9.76. The quantitative estimate of drug-likeness (QED) is 0.704. The molecule has 0 unspecified atom stereocenters. The number of aryl methyl sites for hydroxylation is 1. The number of rotatable bonds is 2. The molecule has 0 radical (unpaired) electrons. The van der Waals surface area contributed by atoms with Crippen molar-refractivity contribution in [3.8, 4) is 22.8 Å². The van der Waals surface area contributed by atoms with Gasteiger partial charge >= 0.3 is 5.97 Å². The van der Waals surface area contributed by atoms with Crippen molar-refractivity contribution in [2.24, 2.45) is 0 Å². The van der Waals surface area contributed by atoms with E-state index in [-0.39, 0.29) is 28.5 Å². The third-order valence-corrected chi connectivity index (χ3v) is 2.78. The number of hydrogen-bond donors (Lipinski definition) is 3. The van der Waals surface area contributed by atoms with Gasteiger partial charge in [0.05, 0.1) is 0 Å². The average molecular weight is 249 g/mol. The average Bonchev–Trinajstić information content (AvgIpc) is 2.80. The summed E-state index contributed by atoms with van der Waals surface area (Å²) >= 11 is 0. The van der Waals surface area contributed by atoms with E-state index in [1.165, 1.54) is 6.07 Å². The van der Waals surface area contributed by atoms with Gasteiger partial charge in [-0.3, -0.25) is 0 Å². The summed E-state index contributed by atoms with van der Waals surface area (Å²) in [4.78, 5) is 10.7. The van der Waals surface area contributed by atoms with Crippen molar-refractivity contribution in [3.05, 3.63) is 29.0 Å². The molecule has 6 nitrogen and oxygen atoms in total. The Morgan fingerprint density at radius 2 is 1.89 bits per heavy atom. The van der Waals surface area contributed by atoms with Crippen LogP contribution in [0.3, 0.4) is 0 Å². The van der Waals surface area contributed by atoms with E-state index in [1.807, 2.05) is 0 Å². The fraction of sp³-hybridized carbons (Fsp3) is 0.167. The van der Waals surface area contributed by atoms with Gasteiger partial charge in [-0.2, -0.15) is 0 Å². The number of carboxylic acid groups (broad SMARTS) is 1. The van der Waals surface area contributed by atoms with E-state index >= 15 is 0 Å². The molecule has 0 saturated heterocycles. The third-order valence-electron chi connectivity index (χ3n) is 2.78. The SMILES string of the molecule is Cc1cc(-c2cc(C(=O)O)on2)c(O)c(O)c1C. The first-order valence-electron chi connectivity index (χ1n) is 5.14. The Labute approximate surface area is 102 Å². The molecule has 0 aliphatic rings. The standard InChI is InChI=1S/C12H11NO5/c1-5-3-7(11(15)10(14)6(5)2)8-4-9(12(16)17)18-13-8/h3-4,14-15H,1-2H3,(H,16,17). The first-order valence-corrected chi connectivity index (χ1v) is 5.14. The van der Waals surface area contributed by atoms with Crippen molar-refractivity contribution in [1.82, 2.24) is 5.16 Å². The van der Waals surface area contributed by atoms with Crippen molar-refractivity contribution in [2.75, 3.05) is 0 Å². The van der Waals surface area contributed by atoms with Crippen molar-refractivity contribution < 1.29 is 24.6 Å². The lowest BCUT2D eigenvalue weighted by atomic mass is 10.0. The molecule has 1 aromatic heterocycles. The second-order valence-electron chi connectivity index (χ2n) is 3.94. The summed E-state index contributed by atoms with van der Waals surface area (Å²) in [7, 11) is 0. The minimum absolute atomic E-state index is 0.156. The fourth-order valence-corrected chi connectivity index (χ4v) is 1.58. The maximum Gasteiger partial charge on any atom is 0.374 e. The Balaban J connectivity index is 2.60. The molecule has 6 heteroatoms. The summed E-state index contributed by atoms with van der Waals surface area (Å²) in [5.74, 6) is -2.17. The van der Waals surface area contributed by atoms with Gasteiger partial charge in [-0.1, -0.05) is 5.16 Å². The van der Waals surface area contributed by atoms with Gasteiger partial charge in [-0.15, -0.1) is 0 Å². The summed E-state index contributed by atoms with van der Waals surface area (Å²) in [5, 5.41) is 31.8.